The minimum atomic E-state index is -0.231. The molecule has 33 heavy (non-hydrogen) atoms. The zero-order valence-electron chi connectivity index (χ0n) is 19.6. The third-order valence-electron chi connectivity index (χ3n) is 6.29. The molecule has 2 aromatic carbocycles. The maximum Gasteiger partial charge on any atom is 0.337 e. The summed E-state index contributed by atoms with van der Waals surface area (Å²) < 4.78 is 6.14. The molecule has 0 saturated carbocycles. The fraction of sp³-hybridized carbons (Fsp3) is 0.440. The van der Waals surface area contributed by atoms with Gasteiger partial charge < -0.3 is 15.0 Å². The van der Waals surface area contributed by atoms with Crippen LogP contribution in [0.25, 0.3) is 0 Å². The minimum absolute atomic E-state index is 0.0856. The number of rotatable bonds is 5. The third-order valence-corrected chi connectivity index (χ3v) is 6.54. The van der Waals surface area contributed by atoms with Gasteiger partial charge in [0.1, 0.15) is 12.4 Å². The van der Waals surface area contributed by atoms with Crippen molar-refractivity contribution in [2.45, 2.75) is 19.4 Å². The molecule has 1 atom stereocenters. The van der Waals surface area contributed by atoms with Crippen molar-refractivity contribution in [3.05, 3.63) is 64.2 Å². The van der Waals surface area contributed by atoms with Crippen LogP contribution in [0.2, 0.25) is 5.02 Å². The van der Waals surface area contributed by atoms with Gasteiger partial charge in [-0.15, -0.1) is 0 Å². The molecule has 0 radical (unpaired) electrons. The molecule has 7 nitrogen and oxygen atoms in total. The summed E-state index contributed by atoms with van der Waals surface area (Å²) in [6.07, 6.45) is 0.699. The fourth-order valence-corrected chi connectivity index (χ4v) is 4.38. The lowest BCUT2D eigenvalue weighted by Crippen LogP contribution is -2.45. The number of halogens is 1. The summed E-state index contributed by atoms with van der Waals surface area (Å²) in [7, 11) is 3.78. The SMILES string of the molecule is CNC(=O)N1N=C(c2ccc(Cl)cc2)c2cc(OCCN3CCN(C)CC3)ccc2CC1C. The van der Waals surface area contributed by atoms with Crippen LogP contribution in [0.4, 0.5) is 4.79 Å². The van der Waals surface area contributed by atoms with E-state index in [1.54, 1.807) is 7.05 Å². The first-order chi connectivity index (χ1) is 15.9. The highest BCUT2D eigenvalue weighted by Gasteiger charge is 2.27. The second kappa shape index (κ2) is 10.5. The van der Waals surface area contributed by atoms with Gasteiger partial charge in [0, 0.05) is 55.9 Å². The number of likely N-dealkylation sites (N-methyl/N-ethyl adjacent to an activating group) is 1. The van der Waals surface area contributed by atoms with Crippen molar-refractivity contribution in [1.82, 2.24) is 20.1 Å². The zero-order valence-corrected chi connectivity index (χ0v) is 20.3. The van der Waals surface area contributed by atoms with Gasteiger partial charge in [-0.2, -0.15) is 5.10 Å². The number of piperazine rings is 1. The summed E-state index contributed by atoms with van der Waals surface area (Å²) in [5.74, 6) is 0.811. The molecule has 0 bridgehead atoms. The first-order valence-electron chi connectivity index (χ1n) is 11.5. The highest BCUT2D eigenvalue weighted by Crippen LogP contribution is 2.28. The average molecular weight is 470 g/mol. The Bertz CT molecular complexity index is 1000. The van der Waals surface area contributed by atoms with Crippen LogP contribution in [-0.2, 0) is 6.42 Å². The third kappa shape index (κ3) is 5.66. The van der Waals surface area contributed by atoms with E-state index in [1.165, 1.54) is 5.01 Å². The Labute approximate surface area is 200 Å². The lowest BCUT2D eigenvalue weighted by atomic mass is 9.94. The molecule has 1 saturated heterocycles. The molecule has 8 heteroatoms. The number of ether oxygens (including phenoxy) is 1. The Balaban J connectivity index is 1.59. The molecular formula is C25H32ClN5O2. The van der Waals surface area contributed by atoms with Crippen molar-refractivity contribution in [1.29, 1.82) is 0 Å². The van der Waals surface area contributed by atoms with Crippen molar-refractivity contribution in [3.63, 3.8) is 0 Å². The van der Waals surface area contributed by atoms with Crippen LogP contribution < -0.4 is 10.1 Å². The Morgan fingerprint density at radius 1 is 1.15 bits per heavy atom. The summed E-state index contributed by atoms with van der Waals surface area (Å²) in [5, 5.41) is 9.68. The van der Waals surface area contributed by atoms with Crippen LogP contribution in [-0.4, -0.2) is 86.0 Å². The number of hydrogen-bond acceptors (Lipinski definition) is 5. The van der Waals surface area contributed by atoms with Gasteiger partial charge in [0.25, 0.3) is 0 Å². The van der Waals surface area contributed by atoms with E-state index in [9.17, 15) is 4.79 Å². The van der Waals surface area contributed by atoms with E-state index < -0.39 is 0 Å². The smallest absolute Gasteiger partial charge is 0.337 e. The molecule has 1 unspecified atom stereocenters. The Kier molecular flexibility index (Phi) is 7.53. The molecule has 0 aliphatic carbocycles. The molecule has 1 N–H and O–H groups in total. The van der Waals surface area contributed by atoms with Crippen molar-refractivity contribution in [3.8, 4) is 5.75 Å². The van der Waals surface area contributed by atoms with E-state index in [4.69, 9.17) is 21.4 Å². The lowest BCUT2D eigenvalue weighted by Gasteiger charge is -2.32. The van der Waals surface area contributed by atoms with E-state index in [1.807, 2.05) is 43.3 Å². The molecule has 0 aromatic heterocycles. The molecule has 2 heterocycles. The predicted molar refractivity (Wildman–Crippen MR) is 132 cm³/mol. The summed E-state index contributed by atoms with van der Waals surface area (Å²) in [6.45, 7) is 7.89. The molecule has 2 aromatic rings. The Morgan fingerprint density at radius 2 is 1.88 bits per heavy atom. The standard InChI is InChI=1S/C25H32ClN5O2/c1-18-16-20-6-9-22(33-15-14-30-12-10-29(3)11-13-30)17-23(20)24(28-31(18)25(32)27-2)19-4-7-21(26)8-5-19/h4-9,17-18H,10-16H2,1-3H3,(H,27,32). The van der Waals surface area contributed by atoms with E-state index >= 15 is 0 Å². The average Bonchev–Trinajstić information content (AvgIpc) is 2.96. The van der Waals surface area contributed by atoms with Gasteiger partial charge in [-0.25, -0.2) is 9.80 Å². The van der Waals surface area contributed by atoms with Crippen molar-refractivity contribution < 1.29 is 9.53 Å². The quantitative estimate of drug-likeness (QED) is 0.729. The van der Waals surface area contributed by atoms with Crippen LogP contribution in [0.1, 0.15) is 23.6 Å². The van der Waals surface area contributed by atoms with Crippen LogP contribution in [0, 0.1) is 0 Å². The Morgan fingerprint density at radius 3 is 2.58 bits per heavy atom. The van der Waals surface area contributed by atoms with Gasteiger partial charge in [0.15, 0.2) is 0 Å². The highest BCUT2D eigenvalue weighted by atomic mass is 35.5. The second-order valence-electron chi connectivity index (χ2n) is 8.72. The number of urea groups is 1. The minimum Gasteiger partial charge on any atom is -0.492 e. The largest absolute Gasteiger partial charge is 0.492 e. The number of carbonyl (C=O) groups is 1. The van der Waals surface area contributed by atoms with Gasteiger partial charge in [-0.05, 0) is 50.2 Å². The van der Waals surface area contributed by atoms with Gasteiger partial charge >= 0.3 is 6.03 Å². The maximum absolute atomic E-state index is 12.5. The number of hydrogen-bond donors (Lipinski definition) is 1. The van der Waals surface area contributed by atoms with Crippen molar-refractivity contribution >= 4 is 23.3 Å². The number of fused-ring (bicyclic) bond motifs is 1. The molecule has 2 aliphatic heterocycles. The molecule has 0 spiro atoms. The summed E-state index contributed by atoms with van der Waals surface area (Å²) in [4.78, 5) is 17.3. The molecule has 4 rings (SSSR count). The molecule has 176 valence electrons. The van der Waals surface area contributed by atoms with Gasteiger partial charge in [-0.3, -0.25) is 4.90 Å². The Hall–Kier alpha value is -2.61. The summed E-state index contributed by atoms with van der Waals surface area (Å²) >= 11 is 6.12. The van der Waals surface area contributed by atoms with Crippen LogP contribution in [0.15, 0.2) is 47.6 Å². The number of carbonyl (C=O) groups excluding carboxylic acids is 1. The molecule has 1 fully saturated rings. The van der Waals surface area contributed by atoms with Crippen molar-refractivity contribution in [2.75, 3.05) is 53.4 Å². The first kappa shape index (κ1) is 23.5. The van der Waals surface area contributed by atoms with Gasteiger partial charge in [-0.1, -0.05) is 29.8 Å². The number of nitrogens with zero attached hydrogens (tertiary/aromatic N) is 4. The normalized spacial score (nSPS) is 19.5. The van der Waals surface area contributed by atoms with Crippen LogP contribution in [0.3, 0.4) is 0 Å². The zero-order chi connectivity index (χ0) is 23.4. The second-order valence-corrected chi connectivity index (χ2v) is 9.16. The fourth-order valence-electron chi connectivity index (χ4n) is 4.25. The van der Waals surface area contributed by atoms with E-state index in [-0.39, 0.29) is 12.1 Å². The predicted octanol–water partition coefficient (Wildman–Crippen LogP) is 3.30. The number of amides is 2. The topological polar surface area (TPSA) is 60.4 Å². The highest BCUT2D eigenvalue weighted by molar-refractivity contribution is 6.30. The maximum atomic E-state index is 12.5. The molecule has 2 amide bonds. The van der Waals surface area contributed by atoms with E-state index in [0.717, 1.165) is 60.9 Å². The lowest BCUT2D eigenvalue weighted by molar-refractivity contribution is 0.133. The summed E-state index contributed by atoms with van der Waals surface area (Å²) in [5.41, 5.74) is 3.75. The number of hydrazone groups is 1. The van der Waals surface area contributed by atoms with Crippen molar-refractivity contribution in [2.24, 2.45) is 5.10 Å². The number of nitrogens with one attached hydrogen (secondary N) is 1. The van der Waals surface area contributed by atoms with Crippen LogP contribution in [0.5, 0.6) is 5.75 Å². The monoisotopic (exact) mass is 469 g/mol. The molecule has 2 aliphatic rings. The number of benzene rings is 2. The van der Waals surface area contributed by atoms with E-state index in [0.29, 0.717) is 18.1 Å². The first-order valence-corrected chi connectivity index (χ1v) is 11.8. The molecular weight excluding hydrogens is 438 g/mol. The van der Waals surface area contributed by atoms with Crippen LogP contribution >= 0.6 is 11.6 Å². The van der Waals surface area contributed by atoms with Gasteiger partial charge in [0.05, 0.1) is 11.8 Å². The van der Waals surface area contributed by atoms with E-state index in [2.05, 4.69) is 28.2 Å². The van der Waals surface area contributed by atoms with Gasteiger partial charge in [0.2, 0.25) is 0 Å². The summed E-state index contributed by atoms with van der Waals surface area (Å²) in [6, 6.07) is 13.4.